The van der Waals surface area contributed by atoms with Gasteiger partial charge in [0, 0.05) is 13.1 Å². The lowest BCUT2D eigenvalue weighted by atomic mass is 9.91. The quantitative estimate of drug-likeness (QED) is 0.660. The van der Waals surface area contributed by atoms with Gasteiger partial charge in [-0.3, -0.25) is 14.7 Å². The molecule has 0 saturated carbocycles. The lowest BCUT2D eigenvalue weighted by Crippen LogP contribution is -2.48. The molecular weight excluding hydrogens is 386 g/mol. The van der Waals surface area contributed by atoms with Crippen LogP contribution < -0.4 is 5.32 Å². The summed E-state index contributed by atoms with van der Waals surface area (Å²) < 4.78 is 0. The molecule has 2 aliphatic heterocycles. The Hall–Kier alpha value is -1.41. The predicted octanol–water partition coefficient (Wildman–Crippen LogP) is 2.70. The third kappa shape index (κ3) is 5.81. The lowest BCUT2D eigenvalue weighted by molar-refractivity contribution is -0.130. The average Bonchev–Trinajstić information content (AvgIpc) is 3.24. The van der Waals surface area contributed by atoms with Crippen molar-refractivity contribution in [2.45, 2.75) is 76.7 Å². The average molecular weight is 420 g/mol. The van der Waals surface area contributed by atoms with Crippen molar-refractivity contribution in [3.05, 3.63) is 35.4 Å². The van der Waals surface area contributed by atoms with Gasteiger partial charge in [-0.05, 0) is 36.3 Å². The Balaban J connectivity index is 1.56. The van der Waals surface area contributed by atoms with Crippen LogP contribution in [0, 0.1) is 5.41 Å². The highest BCUT2D eigenvalue weighted by Crippen LogP contribution is 2.36. The monoisotopic (exact) mass is 419 g/mol. The Morgan fingerprint density at radius 2 is 2.03 bits per heavy atom. The molecule has 7 heteroatoms. The standard InChI is InChI=1S/C22H33N3O3S/c1-14-20(29-13-24-14)16-7-5-15(6-8-16)11-23-21(28)18-9-17(26)12-25(18)19(27)10-22(2,3)4/h5-8,13-14,17-20,26-27H,9-12H2,1-4H3,(H,23,28)/t14?,17?,18-,19?,20?/m0/s1. The molecule has 0 aromatic heterocycles. The molecule has 0 spiro atoms. The summed E-state index contributed by atoms with van der Waals surface area (Å²) in [6.45, 7) is 9.03. The minimum atomic E-state index is -0.740. The molecule has 3 rings (SSSR count). The molecule has 2 heterocycles. The summed E-state index contributed by atoms with van der Waals surface area (Å²) in [5.74, 6) is -0.146. The maximum atomic E-state index is 12.8. The first-order valence-corrected chi connectivity index (χ1v) is 11.2. The predicted molar refractivity (Wildman–Crippen MR) is 118 cm³/mol. The number of aliphatic hydroxyl groups is 2. The summed E-state index contributed by atoms with van der Waals surface area (Å²) >= 11 is 1.74. The number of β-amino-alcohol motifs (C(OH)–C–C–N with tert-alkyl or cyclic N) is 1. The number of aliphatic hydroxyl groups excluding tert-OH is 2. The third-order valence-electron chi connectivity index (χ3n) is 5.51. The Labute approximate surface area is 177 Å². The van der Waals surface area contributed by atoms with Gasteiger partial charge in [-0.1, -0.05) is 45.0 Å². The van der Waals surface area contributed by atoms with Crippen molar-refractivity contribution in [3.8, 4) is 0 Å². The molecule has 5 atom stereocenters. The van der Waals surface area contributed by atoms with Crippen molar-refractivity contribution in [3.63, 3.8) is 0 Å². The second kappa shape index (κ2) is 9.16. The van der Waals surface area contributed by atoms with Gasteiger partial charge in [0.05, 0.1) is 29.0 Å². The van der Waals surface area contributed by atoms with E-state index in [0.29, 0.717) is 31.2 Å². The van der Waals surface area contributed by atoms with Crippen molar-refractivity contribution in [1.82, 2.24) is 10.2 Å². The molecule has 2 aliphatic rings. The molecular formula is C22H33N3O3S. The number of hydrogen-bond donors (Lipinski definition) is 3. The van der Waals surface area contributed by atoms with Gasteiger partial charge in [0.25, 0.3) is 0 Å². The zero-order valence-electron chi connectivity index (χ0n) is 17.7. The van der Waals surface area contributed by atoms with E-state index in [9.17, 15) is 15.0 Å². The van der Waals surface area contributed by atoms with E-state index < -0.39 is 18.4 Å². The SMILES string of the molecule is CC1N=CSC1c1ccc(CNC(=O)[C@@H]2CC(O)CN2C(O)CC(C)(C)C)cc1. The normalized spacial score (nSPS) is 28.6. The van der Waals surface area contributed by atoms with Crippen molar-refractivity contribution in [2.75, 3.05) is 6.54 Å². The number of nitrogens with zero attached hydrogens (tertiary/aromatic N) is 2. The molecule has 3 N–H and O–H groups in total. The number of likely N-dealkylation sites (tertiary alicyclic amines) is 1. The molecule has 1 saturated heterocycles. The fraction of sp³-hybridized carbons (Fsp3) is 0.636. The van der Waals surface area contributed by atoms with Crippen molar-refractivity contribution < 1.29 is 15.0 Å². The van der Waals surface area contributed by atoms with Gasteiger partial charge in [-0.2, -0.15) is 0 Å². The van der Waals surface area contributed by atoms with E-state index >= 15 is 0 Å². The van der Waals surface area contributed by atoms with E-state index in [1.807, 2.05) is 17.7 Å². The largest absolute Gasteiger partial charge is 0.392 e. The van der Waals surface area contributed by atoms with Crippen LogP contribution in [0.1, 0.15) is 56.9 Å². The summed E-state index contributed by atoms with van der Waals surface area (Å²) in [6.07, 6.45) is -0.433. The number of thioether (sulfide) groups is 1. The molecule has 0 radical (unpaired) electrons. The highest BCUT2D eigenvalue weighted by molar-refractivity contribution is 8.12. The molecule has 1 fully saturated rings. The lowest BCUT2D eigenvalue weighted by Gasteiger charge is -2.32. The number of hydrogen-bond acceptors (Lipinski definition) is 6. The van der Waals surface area contributed by atoms with Gasteiger partial charge >= 0.3 is 0 Å². The Kier molecular flexibility index (Phi) is 7.04. The van der Waals surface area contributed by atoms with Crippen LogP contribution in [0.2, 0.25) is 0 Å². The fourth-order valence-corrected chi connectivity index (χ4v) is 4.97. The number of rotatable bonds is 6. The zero-order valence-corrected chi connectivity index (χ0v) is 18.5. The summed E-state index contributed by atoms with van der Waals surface area (Å²) in [5.41, 5.74) is 4.12. The first-order chi connectivity index (χ1) is 13.6. The summed E-state index contributed by atoms with van der Waals surface area (Å²) in [4.78, 5) is 18.9. The van der Waals surface area contributed by atoms with E-state index in [-0.39, 0.29) is 17.4 Å². The molecule has 0 aliphatic carbocycles. The fourth-order valence-electron chi connectivity index (χ4n) is 3.97. The van der Waals surface area contributed by atoms with Gasteiger partial charge in [-0.25, -0.2) is 0 Å². The zero-order chi connectivity index (χ0) is 21.2. The van der Waals surface area contributed by atoms with Crippen LogP contribution in [-0.2, 0) is 11.3 Å². The first-order valence-electron chi connectivity index (χ1n) is 10.3. The molecule has 29 heavy (non-hydrogen) atoms. The van der Waals surface area contributed by atoms with E-state index in [1.54, 1.807) is 16.7 Å². The van der Waals surface area contributed by atoms with Crippen LogP contribution in [0.5, 0.6) is 0 Å². The topological polar surface area (TPSA) is 85.2 Å². The van der Waals surface area contributed by atoms with E-state index in [1.165, 1.54) is 5.56 Å². The third-order valence-corrected chi connectivity index (χ3v) is 6.72. The number of nitrogens with one attached hydrogen (secondary N) is 1. The maximum Gasteiger partial charge on any atom is 0.237 e. The number of aliphatic imine (C=N–C) groups is 1. The first kappa shape index (κ1) is 22.3. The molecule has 4 unspecified atom stereocenters. The van der Waals surface area contributed by atoms with Gasteiger partial charge in [-0.15, -0.1) is 11.8 Å². The van der Waals surface area contributed by atoms with Gasteiger partial charge < -0.3 is 15.5 Å². The van der Waals surface area contributed by atoms with E-state index in [0.717, 1.165) is 5.56 Å². The van der Waals surface area contributed by atoms with Crippen LogP contribution in [0.25, 0.3) is 0 Å². The van der Waals surface area contributed by atoms with Crippen LogP contribution in [-0.4, -0.2) is 57.5 Å². The molecule has 6 nitrogen and oxygen atoms in total. The number of benzene rings is 1. The molecule has 0 bridgehead atoms. The highest BCUT2D eigenvalue weighted by Gasteiger charge is 2.40. The number of amides is 1. The minimum absolute atomic E-state index is 0.0597. The van der Waals surface area contributed by atoms with Crippen LogP contribution >= 0.6 is 11.8 Å². The molecule has 1 aromatic carbocycles. The van der Waals surface area contributed by atoms with Gasteiger partial charge in [0.1, 0.15) is 6.23 Å². The van der Waals surface area contributed by atoms with Crippen LogP contribution in [0.3, 0.4) is 0 Å². The molecule has 1 amide bonds. The summed E-state index contributed by atoms with van der Waals surface area (Å²) in [6, 6.07) is 8.05. The van der Waals surface area contributed by atoms with Gasteiger partial charge in [0.2, 0.25) is 5.91 Å². The van der Waals surface area contributed by atoms with Crippen molar-refractivity contribution in [1.29, 1.82) is 0 Å². The van der Waals surface area contributed by atoms with Crippen LogP contribution in [0.15, 0.2) is 29.3 Å². The number of carbonyl (C=O) groups is 1. The highest BCUT2D eigenvalue weighted by atomic mass is 32.2. The summed E-state index contributed by atoms with van der Waals surface area (Å²) in [5, 5.41) is 24.0. The second-order valence-electron chi connectivity index (χ2n) is 9.36. The summed E-state index contributed by atoms with van der Waals surface area (Å²) in [7, 11) is 0. The second-order valence-corrected chi connectivity index (χ2v) is 10.3. The van der Waals surface area contributed by atoms with Gasteiger partial charge in [0.15, 0.2) is 0 Å². The van der Waals surface area contributed by atoms with E-state index in [2.05, 4.69) is 50.1 Å². The van der Waals surface area contributed by atoms with Crippen molar-refractivity contribution >= 4 is 23.2 Å². The number of carbonyl (C=O) groups excluding carboxylic acids is 1. The Bertz CT molecular complexity index is 732. The molecule has 160 valence electrons. The maximum absolute atomic E-state index is 12.8. The van der Waals surface area contributed by atoms with Crippen molar-refractivity contribution in [2.24, 2.45) is 10.4 Å². The smallest absolute Gasteiger partial charge is 0.237 e. The minimum Gasteiger partial charge on any atom is -0.392 e. The van der Waals surface area contributed by atoms with E-state index in [4.69, 9.17) is 0 Å². The Morgan fingerprint density at radius 3 is 2.62 bits per heavy atom. The molecule has 1 aromatic rings. The van der Waals surface area contributed by atoms with Crippen LogP contribution in [0.4, 0.5) is 0 Å². The Morgan fingerprint density at radius 1 is 1.34 bits per heavy atom.